The highest BCUT2D eigenvalue weighted by atomic mass is 16.6. The molecule has 1 aliphatic rings. The zero-order valence-electron chi connectivity index (χ0n) is 25.8. The standard InChI is InChI=1S/C36H39NO8/c1-36(2,3)45-32(38)20-8-5-13-21-42-34(40)31(22-33(39)43-23-25-14-6-4-7-15-25)37-35(41)44-24-30-28-18-11-9-16-26(28)27-17-10-12-19-29(27)30/h4-7,9-19,30-31H,8,20-24H2,1-3H3,(H,37,41)/b13-5+/t31-/m0/s1. The molecule has 0 aromatic heterocycles. The van der Waals surface area contributed by atoms with E-state index < -0.39 is 36.1 Å². The Kier molecular flexibility index (Phi) is 11.5. The maximum atomic E-state index is 13.0. The van der Waals surface area contributed by atoms with Crippen LogP contribution in [0, 0.1) is 0 Å². The van der Waals surface area contributed by atoms with Crippen molar-refractivity contribution in [3.05, 3.63) is 108 Å². The summed E-state index contributed by atoms with van der Waals surface area (Å²) in [6, 6.07) is 23.7. The average Bonchev–Trinajstić information content (AvgIpc) is 3.33. The van der Waals surface area contributed by atoms with Gasteiger partial charge in [-0.3, -0.25) is 9.59 Å². The van der Waals surface area contributed by atoms with Crippen molar-refractivity contribution in [3.63, 3.8) is 0 Å². The number of esters is 3. The molecule has 0 fully saturated rings. The molecular formula is C36H39NO8. The van der Waals surface area contributed by atoms with Gasteiger partial charge in [0.25, 0.3) is 0 Å². The molecule has 1 atom stereocenters. The molecule has 0 unspecified atom stereocenters. The Bertz CT molecular complexity index is 1460. The van der Waals surface area contributed by atoms with Crippen LogP contribution in [0.3, 0.4) is 0 Å². The maximum Gasteiger partial charge on any atom is 0.407 e. The van der Waals surface area contributed by atoms with Gasteiger partial charge in [0.05, 0.1) is 6.42 Å². The predicted molar refractivity (Wildman–Crippen MR) is 168 cm³/mol. The molecule has 236 valence electrons. The molecule has 1 aliphatic carbocycles. The van der Waals surface area contributed by atoms with E-state index in [4.69, 9.17) is 18.9 Å². The summed E-state index contributed by atoms with van der Waals surface area (Å²) in [5, 5.41) is 2.48. The molecule has 9 nitrogen and oxygen atoms in total. The van der Waals surface area contributed by atoms with Crippen molar-refractivity contribution in [2.45, 2.75) is 64.2 Å². The van der Waals surface area contributed by atoms with Crippen LogP contribution in [-0.2, 0) is 39.9 Å². The molecule has 3 aromatic rings. The summed E-state index contributed by atoms with van der Waals surface area (Å²) < 4.78 is 21.5. The molecule has 1 N–H and O–H groups in total. The first-order valence-electron chi connectivity index (χ1n) is 15.0. The normalized spacial score (nSPS) is 13.0. The fourth-order valence-electron chi connectivity index (χ4n) is 4.95. The molecule has 0 saturated carbocycles. The number of hydrogen-bond acceptors (Lipinski definition) is 8. The Morgan fingerprint density at radius 1 is 0.778 bits per heavy atom. The van der Waals surface area contributed by atoms with Gasteiger partial charge in [-0.25, -0.2) is 9.59 Å². The number of rotatable bonds is 13. The van der Waals surface area contributed by atoms with Gasteiger partial charge in [-0.15, -0.1) is 0 Å². The Balaban J connectivity index is 1.33. The molecule has 0 heterocycles. The molecule has 0 aliphatic heterocycles. The Hall–Kier alpha value is -4.92. The van der Waals surface area contributed by atoms with Crippen LogP contribution < -0.4 is 5.32 Å². The summed E-state index contributed by atoms with van der Waals surface area (Å²) in [5.74, 6) is -2.01. The lowest BCUT2D eigenvalue weighted by Gasteiger charge is -2.19. The maximum absolute atomic E-state index is 13.0. The van der Waals surface area contributed by atoms with E-state index in [1.165, 1.54) is 0 Å². The van der Waals surface area contributed by atoms with Gasteiger partial charge in [-0.1, -0.05) is 91.0 Å². The second-order valence-corrected chi connectivity index (χ2v) is 11.6. The first-order chi connectivity index (χ1) is 21.6. The summed E-state index contributed by atoms with van der Waals surface area (Å²) >= 11 is 0. The number of nitrogens with one attached hydrogen (secondary N) is 1. The first-order valence-corrected chi connectivity index (χ1v) is 15.0. The molecule has 3 aromatic carbocycles. The minimum Gasteiger partial charge on any atom is -0.461 e. The van der Waals surface area contributed by atoms with E-state index in [2.05, 4.69) is 5.32 Å². The van der Waals surface area contributed by atoms with E-state index >= 15 is 0 Å². The van der Waals surface area contributed by atoms with Gasteiger partial charge in [0.15, 0.2) is 0 Å². The predicted octanol–water partition coefficient (Wildman–Crippen LogP) is 6.25. The summed E-state index contributed by atoms with van der Waals surface area (Å²) in [5.41, 5.74) is 4.49. The topological polar surface area (TPSA) is 117 Å². The largest absolute Gasteiger partial charge is 0.461 e. The smallest absolute Gasteiger partial charge is 0.407 e. The highest BCUT2D eigenvalue weighted by molar-refractivity contribution is 5.86. The average molecular weight is 614 g/mol. The Morgan fingerprint density at radius 2 is 1.40 bits per heavy atom. The third-order valence-corrected chi connectivity index (χ3v) is 6.96. The Labute approximate surface area is 263 Å². The van der Waals surface area contributed by atoms with Crippen LogP contribution in [0.15, 0.2) is 91.0 Å². The number of carbonyl (C=O) groups is 4. The second kappa shape index (κ2) is 15.7. The van der Waals surface area contributed by atoms with E-state index in [0.29, 0.717) is 6.42 Å². The monoisotopic (exact) mass is 613 g/mol. The number of fused-ring (bicyclic) bond motifs is 3. The Morgan fingerprint density at radius 3 is 2.04 bits per heavy atom. The fourth-order valence-corrected chi connectivity index (χ4v) is 4.95. The summed E-state index contributed by atoms with van der Waals surface area (Å²) in [4.78, 5) is 50.4. The van der Waals surface area contributed by atoms with E-state index in [1.807, 2.05) is 78.9 Å². The van der Waals surface area contributed by atoms with Crippen LogP contribution in [-0.4, -0.2) is 48.9 Å². The number of ether oxygens (including phenoxy) is 4. The van der Waals surface area contributed by atoms with Crippen molar-refractivity contribution >= 4 is 24.0 Å². The molecule has 45 heavy (non-hydrogen) atoms. The van der Waals surface area contributed by atoms with Crippen LogP contribution in [0.5, 0.6) is 0 Å². The summed E-state index contributed by atoms with van der Waals surface area (Å²) in [6.45, 7) is 5.34. The van der Waals surface area contributed by atoms with Crippen molar-refractivity contribution < 1.29 is 38.1 Å². The number of alkyl carbamates (subject to hydrolysis) is 1. The van der Waals surface area contributed by atoms with Gasteiger partial charge in [0.2, 0.25) is 0 Å². The minimum absolute atomic E-state index is 0.0206. The first kappa shape index (κ1) is 33.0. The molecule has 9 heteroatoms. The lowest BCUT2D eigenvalue weighted by molar-refractivity contribution is -0.154. The van der Waals surface area contributed by atoms with Gasteiger partial charge in [0, 0.05) is 12.3 Å². The van der Waals surface area contributed by atoms with Gasteiger partial charge in [-0.2, -0.15) is 0 Å². The van der Waals surface area contributed by atoms with Gasteiger partial charge in [-0.05, 0) is 55.0 Å². The molecule has 0 saturated heterocycles. The van der Waals surface area contributed by atoms with E-state index in [9.17, 15) is 19.2 Å². The van der Waals surface area contributed by atoms with E-state index in [-0.39, 0.29) is 38.1 Å². The number of hydrogen-bond donors (Lipinski definition) is 1. The van der Waals surface area contributed by atoms with Crippen molar-refractivity contribution in [2.24, 2.45) is 0 Å². The fraction of sp³-hybridized carbons (Fsp3) is 0.333. The number of carbonyl (C=O) groups excluding carboxylic acids is 4. The van der Waals surface area contributed by atoms with Gasteiger partial charge >= 0.3 is 24.0 Å². The van der Waals surface area contributed by atoms with Crippen molar-refractivity contribution in [1.29, 1.82) is 0 Å². The van der Waals surface area contributed by atoms with Crippen molar-refractivity contribution in [3.8, 4) is 11.1 Å². The van der Waals surface area contributed by atoms with Crippen LogP contribution >= 0.6 is 0 Å². The SMILES string of the molecule is CC(C)(C)OC(=O)CC/C=C/COC(=O)[C@H](CC(=O)OCc1ccccc1)NC(=O)OCC1c2ccccc2-c2ccccc21. The zero-order chi connectivity index (χ0) is 32.2. The van der Waals surface area contributed by atoms with Crippen LogP contribution in [0.1, 0.15) is 62.6 Å². The molecule has 1 amide bonds. The molecular weight excluding hydrogens is 574 g/mol. The molecule has 0 bridgehead atoms. The quantitative estimate of drug-likeness (QED) is 0.137. The van der Waals surface area contributed by atoms with Crippen LogP contribution in [0.4, 0.5) is 4.79 Å². The summed E-state index contributed by atoms with van der Waals surface area (Å²) in [7, 11) is 0. The second-order valence-electron chi connectivity index (χ2n) is 11.6. The highest BCUT2D eigenvalue weighted by Crippen LogP contribution is 2.44. The minimum atomic E-state index is -1.33. The third-order valence-electron chi connectivity index (χ3n) is 6.96. The molecule has 0 spiro atoms. The summed E-state index contributed by atoms with van der Waals surface area (Å²) in [6.07, 6.45) is 2.56. The highest BCUT2D eigenvalue weighted by Gasteiger charge is 2.31. The molecule has 0 radical (unpaired) electrons. The molecule has 4 rings (SSSR count). The third kappa shape index (κ3) is 10.1. The van der Waals surface area contributed by atoms with Crippen molar-refractivity contribution in [2.75, 3.05) is 13.2 Å². The van der Waals surface area contributed by atoms with Gasteiger partial charge in [0.1, 0.15) is 31.5 Å². The van der Waals surface area contributed by atoms with E-state index in [0.717, 1.165) is 27.8 Å². The number of allylic oxidation sites excluding steroid dienone is 1. The number of benzene rings is 3. The van der Waals surface area contributed by atoms with Crippen molar-refractivity contribution in [1.82, 2.24) is 5.32 Å². The lowest BCUT2D eigenvalue weighted by atomic mass is 9.98. The number of amides is 1. The van der Waals surface area contributed by atoms with E-state index in [1.54, 1.807) is 32.9 Å². The van der Waals surface area contributed by atoms with Crippen LogP contribution in [0.2, 0.25) is 0 Å². The zero-order valence-corrected chi connectivity index (χ0v) is 25.8. The lowest BCUT2D eigenvalue weighted by Crippen LogP contribution is -2.44. The van der Waals surface area contributed by atoms with Crippen LogP contribution in [0.25, 0.3) is 11.1 Å². The van der Waals surface area contributed by atoms with Gasteiger partial charge < -0.3 is 24.3 Å².